The minimum atomic E-state index is -4.71. The average molecular weight is 337 g/mol. The molecule has 3 N–H and O–H groups in total. The van der Waals surface area contributed by atoms with Crippen LogP contribution in [0.5, 0.6) is 0 Å². The minimum Gasteiger partial charge on any atom is -0.390 e. The first-order valence-corrected chi connectivity index (χ1v) is 6.72. The van der Waals surface area contributed by atoms with E-state index in [9.17, 15) is 15.2 Å². The van der Waals surface area contributed by atoms with Gasteiger partial charge in [-0.1, -0.05) is 0 Å². The van der Waals surface area contributed by atoms with Gasteiger partial charge in [0.2, 0.25) is 5.91 Å². The summed E-state index contributed by atoms with van der Waals surface area (Å²) in [5.74, 6) is -14.7. The molecule has 5 heteroatoms. The normalized spacial score (nSPS) is 98.9. The third-order valence-electron chi connectivity index (χ3n) is 4.03. The van der Waals surface area contributed by atoms with Crippen LogP contribution in [-0.4, -0.2) is 39.6 Å². The van der Waals surface area contributed by atoms with Crippen LogP contribution in [0.2, 0.25) is 0 Å². The molecule has 1 aliphatic heterocycles. The number of carbonyl (C=O) groups excluding carboxylic acids is 1. The number of hydrogen-bond donors (Lipinski definition) is 2. The van der Waals surface area contributed by atoms with E-state index >= 15 is 0 Å². The molecule has 6 fully saturated rings. The molecule has 0 radical (unpaired) electrons. The van der Waals surface area contributed by atoms with E-state index in [0.717, 1.165) is 0 Å². The Kier molecular flexibility index (Phi) is 0.809. The smallest absolute Gasteiger partial charge is 0.241 e. The Bertz CT molecular complexity index is 1360. The molecule has 1 heterocycles. The molecule has 1 saturated heterocycles. The second kappa shape index (κ2) is 4.29. The SMILES string of the molecule is [2H]C1([2H])C2([2H])C([2H])([2H])C3(O)C([2H])([2H])C1([2H])C([2H])([2H])C([C@@]([2H])(N)C(=O)N1C(C#N)C([2H])([2H])[C@]4([2H])C([2H])([2H])[C@]14[2H])(C2([2H])[2H])C3([2H])[2H]. The second-order valence-corrected chi connectivity index (χ2v) is 5.57. The van der Waals surface area contributed by atoms with Crippen molar-refractivity contribution in [3.63, 3.8) is 0 Å². The van der Waals surface area contributed by atoms with Gasteiger partial charge >= 0.3 is 0 Å². The molecule has 0 aromatic carbocycles. The molecule has 5 aliphatic carbocycles. The minimum absolute atomic E-state index is 0.414. The van der Waals surface area contributed by atoms with Gasteiger partial charge in [-0.05, 0) is 74.1 Å². The Balaban J connectivity index is 1.96. The molecule has 6 atom stereocenters. The summed E-state index contributed by atoms with van der Waals surface area (Å²) < 4.78 is 180. The third kappa shape index (κ3) is 1.88. The fourth-order valence-corrected chi connectivity index (χ4v) is 3.01. The van der Waals surface area contributed by atoms with Gasteiger partial charge in [0, 0.05) is 32.1 Å². The van der Waals surface area contributed by atoms with Crippen LogP contribution < -0.4 is 5.73 Å². The summed E-state index contributed by atoms with van der Waals surface area (Å²) in [5.41, 5.74) is -3.35. The molecule has 6 aliphatic rings. The highest BCUT2D eigenvalue weighted by Crippen LogP contribution is 2.63. The van der Waals surface area contributed by atoms with Crippen LogP contribution in [0, 0.1) is 34.4 Å². The number of likely N-dealkylation sites (tertiary alicyclic amines) is 1. The van der Waals surface area contributed by atoms with Crippen LogP contribution >= 0.6 is 0 Å². The number of nitrogens with zero attached hydrogens (tertiary/aromatic N) is 2. The molecule has 5 nitrogen and oxygen atoms in total. The molecule has 0 aromatic heterocycles. The van der Waals surface area contributed by atoms with Crippen LogP contribution in [0.1, 0.15) is 79.8 Å². The standard InChI is InChI=1S/C18H25N3O2/c19-8-13-2-12-3-14(12)21(13)16(22)15(20)17-4-10-1-11(5-17)7-18(23,6-10)9-17/h10-15,23H,1-7,9,20H2/t10?,11?,12-,13?,14+,15+,17?,18?/m1/s1/i1D2,2D2,3D2,4D2,5D2,6D2,7D2,9D2,10D,11D,12D,14D,15D. The number of carbonyl (C=O) groups is 1. The van der Waals surface area contributed by atoms with Crippen molar-refractivity contribution in [1.82, 2.24) is 4.90 Å². The number of piperidine rings is 1. The van der Waals surface area contributed by atoms with Gasteiger partial charge < -0.3 is 15.7 Å². The lowest BCUT2D eigenvalue weighted by Gasteiger charge is -2.61. The highest BCUT2D eigenvalue weighted by atomic mass is 16.3. The lowest BCUT2D eigenvalue weighted by atomic mass is 9.46. The van der Waals surface area contributed by atoms with Crippen LogP contribution in [0.3, 0.4) is 0 Å². The van der Waals surface area contributed by atoms with Gasteiger partial charge in [-0.2, -0.15) is 5.26 Å². The lowest BCUT2D eigenvalue weighted by Crippen LogP contribution is -2.64. The van der Waals surface area contributed by atoms with Crippen molar-refractivity contribution >= 4 is 5.91 Å². The van der Waals surface area contributed by atoms with E-state index in [0.29, 0.717) is 0 Å². The Labute approximate surface area is 166 Å². The fourth-order valence-electron chi connectivity index (χ4n) is 3.01. The van der Waals surface area contributed by atoms with E-state index in [4.69, 9.17) is 34.5 Å². The maximum atomic E-state index is 14.3. The van der Waals surface area contributed by atoms with Crippen molar-refractivity contribution < 1.29 is 38.7 Å². The predicted molar refractivity (Wildman–Crippen MR) is 82.8 cm³/mol. The van der Waals surface area contributed by atoms with Gasteiger partial charge in [0.25, 0.3) is 0 Å². The van der Waals surface area contributed by atoms with Crippen molar-refractivity contribution in [3.05, 3.63) is 0 Å². The number of amides is 1. The van der Waals surface area contributed by atoms with Gasteiger partial charge in [-0.25, -0.2) is 0 Å². The first-order valence-electron chi connectivity index (χ1n) is 17.2. The highest BCUT2D eigenvalue weighted by molar-refractivity contribution is 5.84. The summed E-state index contributed by atoms with van der Waals surface area (Å²) in [6.07, 6.45) is -34.0. The zero-order valence-corrected chi connectivity index (χ0v) is 11.4. The molecule has 1 amide bonds. The summed E-state index contributed by atoms with van der Waals surface area (Å²) in [5, 5.41) is 21.5. The summed E-state index contributed by atoms with van der Waals surface area (Å²) >= 11 is 0. The molecule has 4 bridgehead atoms. The van der Waals surface area contributed by atoms with Crippen LogP contribution in [-0.2, 0) is 4.79 Å². The molecule has 124 valence electrons. The van der Waals surface area contributed by atoms with Gasteiger partial charge in [0.05, 0.1) is 20.4 Å². The quantitative estimate of drug-likeness (QED) is 0.792. The summed E-state index contributed by atoms with van der Waals surface area (Å²) in [6.45, 7) is 0. The number of aliphatic hydroxyl groups is 1. The topological polar surface area (TPSA) is 90.3 Å². The van der Waals surface area contributed by atoms with E-state index in [2.05, 4.69) is 0 Å². The monoisotopic (exact) mass is 336 g/mol. The van der Waals surface area contributed by atoms with Crippen molar-refractivity contribution in [3.8, 4) is 6.07 Å². The van der Waals surface area contributed by atoms with Crippen molar-refractivity contribution in [2.45, 2.75) is 74.7 Å². The van der Waals surface area contributed by atoms with Crippen molar-refractivity contribution in [2.75, 3.05) is 0 Å². The zero-order valence-electron chi connectivity index (χ0n) is 32.4. The summed E-state index contributed by atoms with van der Waals surface area (Å²) in [4.78, 5) is 13.9. The van der Waals surface area contributed by atoms with E-state index in [-0.39, 0.29) is 0 Å². The van der Waals surface area contributed by atoms with Crippen LogP contribution in [0.15, 0.2) is 0 Å². The predicted octanol–water partition coefficient (Wildman–Crippen LogP) is 1.16. The first-order chi connectivity index (χ1) is 19.0. The molecule has 0 aromatic rings. The summed E-state index contributed by atoms with van der Waals surface area (Å²) in [7, 11) is 0. The molecule has 23 heavy (non-hydrogen) atoms. The van der Waals surface area contributed by atoms with E-state index in [1.165, 1.54) is 6.07 Å². The first kappa shape index (κ1) is 4.34. The second-order valence-electron chi connectivity index (χ2n) is 5.57. The molecule has 3 unspecified atom stereocenters. The van der Waals surface area contributed by atoms with E-state index in [1.807, 2.05) is 0 Å². The van der Waals surface area contributed by atoms with E-state index in [1.54, 1.807) is 0 Å². The third-order valence-corrected chi connectivity index (χ3v) is 4.03. The van der Waals surface area contributed by atoms with Crippen LogP contribution in [0.4, 0.5) is 0 Å². The van der Waals surface area contributed by atoms with Crippen LogP contribution in [0.25, 0.3) is 0 Å². The molecular weight excluding hydrogens is 290 g/mol. The van der Waals surface area contributed by atoms with Crippen molar-refractivity contribution in [1.29, 1.82) is 5.26 Å². The van der Waals surface area contributed by atoms with Crippen molar-refractivity contribution in [2.24, 2.45) is 28.8 Å². The Morgan fingerprint density at radius 1 is 1.39 bits per heavy atom. The van der Waals surface area contributed by atoms with E-state index < -0.39 is 109 Å². The lowest BCUT2D eigenvalue weighted by molar-refractivity contribution is -0.177. The molecule has 0 spiro atoms. The molecular formula is C18H25N3O2. The molecule has 5 saturated carbocycles. The maximum absolute atomic E-state index is 14.3. The van der Waals surface area contributed by atoms with Gasteiger partial charge in [-0.3, -0.25) is 4.79 Å². The molecule has 6 rings (SSSR count). The van der Waals surface area contributed by atoms with Gasteiger partial charge in [0.15, 0.2) is 0 Å². The Morgan fingerprint density at radius 3 is 2.74 bits per heavy atom. The Morgan fingerprint density at radius 2 is 2.09 bits per heavy atom. The highest BCUT2D eigenvalue weighted by Gasteiger charge is 2.62. The maximum Gasteiger partial charge on any atom is 0.241 e. The Hall–Kier alpha value is -1.12. The van der Waals surface area contributed by atoms with Gasteiger partial charge in [-0.15, -0.1) is 0 Å². The fraction of sp³-hybridized carbons (Fsp3) is 0.889. The zero-order chi connectivity index (χ0) is 34.9. The number of nitrogens with two attached hydrogens (primary N) is 1. The number of rotatable bonds is 2. The number of nitriles is 1. The largest absolute Gasteiger partial charge is 0.390 e. The number of hydrogen-bond acceptors (Lipinski definition) is 4. The number of fused-ring (bicyclic) bond motifs is 1. The summed E-state index contributed by atoms with van der Waals surface area (Å²) in [6, 6.07) is -9.54. The average Bonchev–Trinajstić information content (AvgIpc) is 3.13. The van der Waals surface area contributed by atoms with Gasteiger partial charge in [0.1, 0.15) is 6.04 Å².